The maximum Gasteiger partial charge on any atom is 0.272 e. The zero-order chi connectivity index (χ0) is 24.5. The predicted octanol–water partition coefficient (Wildman–Crippen LogP) is 7.66. The molecule has 178 valence electrons. The number of nitrogens with zero attached hydrogens (tertiary/aromatic N) is 3. The number of nitrogens with one attached hydrogen (secondary N) is 1. The Hall–Kier alpha value is -2.64. The van der Waals surface area contributed by atoms with Gasteiger partial charge in [0.25, 0.3) is 5.91 Å². The van der Waals surface area contributed by atoms with E-state index in [4.69, 9.17) is 39.9 Å². The number of thiophene rings is 1. The zero-order valence-electron chi connectivity index (χ0n) is 18.8. The number of carbonyl (C=O) groups is 1. The SMILES string of the molecule is C[C@@H](NC(=O)c1nn(-c2ccc(Cl)c(Cl)c2)c2c1CCC/C2=C\c1ccc(Cl)s1)c1ccccn1. The van der Waals surface area contributed by atoms with Crippen LogP contribution in [0.5, 0.6) is 0 Å². The van der Waals surface area contributed by atoms with E-state index in [1.165, 1.54) is 11.3 Å². The normalized spacial score (nSPS) is 15.1. The number of aromatic nitrogens is 3. The summed E-state index contributed by atoms with van der Waals surface area (Å²) in [7, 11) is 0. The smallest absolute Gasteiger partial charge is 0.272 e. The Labute approximate surface area is 222 Å². The molecule has 1 N–H and O–H groups in total. The average Bonchev–Trinajstić information content (AvgIpc) is 3.45. The second kappa shape index (κ2) is 10.2. The van der Waals surface area contributed by atoms with E-state index in [0.29, 0.717) is 15.7 Å². The third-order valence-electron chi connectivity index (χ3n) is 5.91. The summed E-state index contributed by atoms with van der Waals surface area (Å²) in [6.45, 7) is 1.91. The van der Waals surface area contributed by atoms with Gasteiger partial charge in [0.15, 0.2) is 5.69 Å². The van der Waals surface area contributed by atoms with Gasteiger partial charge in [-0.3, -0.25) is 9.78 Å². The number of carbonyl (C=O) groups excluding carboxylic acids is 1. The van der Waals surface area contributed by atoms with Crippen LogP contribution in [0.1, 0.15) is 58.1 Å². The number of halogens is 3. The molecule has 5 rings (SSSR count). The van der Waals surface area contributed by atoms with Gasteiger partial charge in [-0.1, -0.05) is 40.9 Å². The van der Waals surface area contributed by atoms with Gasteiger partial charge >= 0.3 is 0 Å². The second-order valence-corrected chi connectivity index (χ2v) is 10.9. The molecule has 3 heterocycles. The van der Waals surface area contributed by atoms with Crippen LogP contribution in [0, 0.1) is 0 Å². The van der Waals surface area contributed by atoms with Crippen LogP contribution in [0.15, 0.2) is 54.7 Å². The van der Waals surface area contributed by atoms with Crippen molar-refractivity contribution in [3.05, 3.63) is 96.6 Å². The van der Waals surface area contributed by atoms with Crippen LogP contribution in [-0.4, -0.2) is 20.7 Å². The molecule has 4 aromatic rings. The van der Waals surface area contributed by atoms with Gasteiger partial charge in [-0.2, -0.15) is 5.10 Å². The number of benzene rings is 1. The molecule has 1 aromatic carbocycles. The van der Waals surface area contributed by atoms with Gasteiger partial charge < -0.3 is 5.32 Å². The molecule has 35 heavy (non-hydrogen) atoms. The third kappa shape index (κ3) is 5.02. The van der Waals surface area contributed by atoms with E-state index < -0.39 is 0 Å². The Kier molecular flexibility index (Phi) is 6.98. The topological polar surface area (TPSA) is 59.8 Å². The number of pyridine rings is 1. The molecule has 0 spiro atoms. The first-order chi connectivity index (χ1) is 16.9. The number of allylic oxidation sites excluding steroid dienone is 1. The van der Waals surface area contributed by atoms with Crippen molar-refractivity contribution in [3.63, 3.8) is 0 Å². The fourth-order valence-corrected chi connectivity index (χ4v) is 5.59. The highest BCUT2D eigenvalue weighted by molar-refractivity contribution is 7.17. The summed E-state index contributed by atoms with van der Waals surface area (Å²) in [5.74, 6) is -0.237. The van der Waals surface area contributed by atoms with Gasteiger partial charge in [-0.15, -0.1) is 11.3 Å². The number of fused-ring (bicyclic) bond motifs is 1. The summed E-state index contributed by atoms with van der Waals surface area (Å²) in [4.78, 5) is 18.8. The first-order valence-corrected chi connectivity index (χ1v) is 13.1. The van der Waals surface area contributed by atoms with Crippen molar-refractivity contribution in [1.82, 2.24) is 20.1 Å². The standard InChI is InChI=1S/C26H21Cl3N4OS/c1-15(22-7-2-3-12-30-22)31-26(34)24-19-6-4-5-16(13-18-9-11-23(29)35-18)25(19)33(32-24)17-8-10-20(27)21(28)14-17/h2-3,7-15H,4-6H2,1H3,(H,31,34)/b16-13+/t15-/m1/s1. The van der Waals surface area contributed by atoms with Gasteiger partial charge in [0, 0.05) is 16.6 Å². The van der Waals surface area contributed by atoms with Crippen molar-refractivity contribution in [2.45, 2.75) is 32.2 Å². The molecule has 1 atom stereocenters. The van der Waals surface area contributed by atoms with Crippen LogP contribution in [-0.2, 0) is 6.42 Å². The van der Waals surface area contributed by atoms with Gasteiger partial charge in [-0.05, 0) is 80.3 Å². The fraction of sp³-hybridized carbons (Fsp3) is 0.192. The van der Waals surface area contributed by atoms with Crippen LogP contribution >= 0.6 is 46.1 Å². The molecule has 0 aliphatic heterocycles. The first-order valence-electron chi connectivity index (χ1n) is 11.2. The Morgan fingerprint density at radius 3 is 2.69 bits per heavy atom. The molecule has 0 saturated heterocycles. The highest BCUT2D eigenvalue weighted by Gasteiger charge is 2.29. The van der Waals surface area contributed by atoms with E-state index in [1.807, 2.05) is 43.3 Å². The Bertz CT molecular complexity index is 1430. The summed E-state index contributed by atoms with van der Waals surface area (Å²) in [5, 5.41) is 8.74. The van der Waals surface area contributed by atoms with Crippen molar-refractivity contribution in [1.29, 1.82) is 0 Å². The first kappa shape index (κ1) is 24.1. The molecule has 0 unspecified atom stereocenters. The molecule has 9 heteroatoms. The van der Waals surface area contributed by atoms with E-state index in [-0.39, 0.29) is 11.9 Å². The maximum absolute atomic E-state index is 13.4. The van der Waals surface area contributed by atoms with Crippen molar-refractivity contribution in [3.8, 4) is 5.69 Å². The van der Waals surface area contributed by atoms with Gasteiger partial charge in [-0.25, -0.2) is 4.68 Å². The minimum Gasteiger partial charge on any atom is -0.343 e. The molecule has 1 aliphatic carbocycles. The molecule has 0 radical (unpaired) electrons. The van der Waals surface area contributed by atoms with E-state index in [1.54, 1.807) is 23.0 Å². The van der Waals surface area contributed by atoms with Crippen LogP contribution in [0.2, 0.25) is 14.4 Å². The lowest BCUT2D eigenvalue weighted by Gasteiger charge is -2.18. The quantitative estimate of drug-likeness (QED) is 0.281. The van der Waals surface area contributed by atoms with Gasteiger partial charge in [0.2, 0.25) is 0 Å². The summed E-state index contributed by atoms with van der Waals surface area (Å²) >= 11 is 20.2. The van der Waals surface area contributed by atoms with E-state index >= 15 is 0 Å². The largest absolute Gasteiger partial charge is 0.343 e. The lowest BCUT2D eigenvalue weighted by atomic mass is 9.90. The lowest BCUT2D eigenvalue weighted by Crippen LogP contribution is -2.28. The van der Waals surface area contributed by atoms with Gasteiger partial charge in [0.05, 0.1) is 37.5 Å². The van der Waals surface area contributed by atoms with Crippen molar-refractivity contribution < 1.29 is 4.79 Å². The molecule has 1 aliphatic rings. The molecule has 0 bridgehead atoms. The summed E-state index contributed by atoms with van der Waals surface area (Å²) < 4.78 is 2.53. The Morgan fingerprint density at radius 2 is 1.97 bits per heavy atom. The molecule has 0 saturated carbocycles. The number of hydrogen-bond acceptors (Lipinski definition) is 4. The molecule has 1 amide bonds. The fourth-order valence-electron chi connectivity index (χ4n) is 4.27. The van der Waals surface area contributed by atoms with E-state index in [9.17, 15) is 4.79 Å². The zero-order valence-corrected chi connectivity index (χ0v) is 21.8. The number of amides is 1. The molecule has 3 aromatic heterocycles. The van der Waals surface area contributed by atoms with E-state index in [0.717, 1.165) is 56.7 Å². The van der Waals surface area contributed by atoms with Crippen molar-refractivity contribution >= 4 is 63.7 Å². The van der Waals surface area contributed by atoms with Crippen molar-refractivity contribution in [2.24, 2.45) is 0 Å². The van der Waals surface area contributed by atoms with Crippen LogP contribution < -0.4 is 5.32 Å². The minimum atomic E-state index is -0.263. The maximum atomic E-state index is 13.4. The Balaban J connectivity index is 1.60. The van der Waals surface area contributed by atoms with E-state index in [2.05, 4.69) is 16.4 Å². The summed E-state index contributed by atoms with van der Waals surface area (Å²) in [6.07, 6.45) is 6.37. The lowest BCUT2D eigenvalue weighted by molar-refractivity contribution is 0.0932. The number of hydrogen-bond donors (Lipinski definition) is 1. The molecule has 0 fully saturated rings. The highest BCUT2D eigenvalue weighted by atomic mass is 35.5. The van der Waals surface area contributed by atoms with Crippen LogP contribution in [0.4, 0.5) is 0 Å². The minimum absolute atomic E-state index is 0.237. The number of rotatable bonds is 5. The molecule has 5 nitrogen and oxygen atoms in total. The molecular formula is C26H21Cl3N4OS. The second-order valence-electron chi connectivity index (χ2n) is 8.30. The summed E-state index contributed by atoms with van der Waals surface area (Å²) in [6, 6.07) is 14.6. The van der Waals surface area contributed by atoms with Crippen molar-refractivity contribution in [2.75, 3.05) is 0 Å². The Morgan fingerprint density at radius 1 is 1.11 bits per heavy atom. The molecular weight excluding hydrogens is 523 g/mol. The monoisotopic (exact) mass is 542 g/mol. The van der Waals surface area contributed by atoms with Gasteiger partial charge in [0.1, 0.15) is 0 Å². The average molecular weight is 544 g/mol. The third-order valence-corrected chi connectivity index (χ3v) is 7.83. The predicted molar refractivity (Wildman–Crippen MR) is 144 cm³/mol. The highest BCUT2D eigenvalue weighted by Crippen LogP contribution is 2.38. The van der Waals surface area contributed by atoms with Crippen LogP contribution in [0.25, 0.3) is 17.3 Å². The van der Waals surface area contributed by atoms with Crippen LogP contribution in [0.3, 0.4) is 0 Å². The summed E-state index contributed by atoms with van der Waals surface area (Å²) in [5.41, 5.74) is 4.86.